The number of ether oxygens (including phenoxy) is 2. The molecule has 2 aliphatic rings. The average Bonchev–Trinajstić information content (AvgIpc) is 3.57. The van der Waals surface area contributed by atoms with Gasteiger partial charge in [-0.25, -0.2) is 9.97 Å². The second kappa shape index (κ2) is 11.4. The molecule has 2 aliphatic heterocycles. The number of likely N-dealkylation sites (tertiary alicyclic amines) is 1. The molecule has 4 heterocycles. The minimum absolute atomic E-state index is 0.104. The van der Waals surface area contributed by atoms with Crippen molar-refractivity contribution in [2.75, 3.05) is 26.8 Å². The van der Waals surface area contributed by atoms with Crippen molar-refractivity contribution in [1.29, 1.82) is 0 Å². The van der Waals surface area contributed by atoms with Crippen LogP contribution in [-0.4, -0.2) is 58.3 Å². The van der Waals surface area contributed by atoms with Crippen molar-refractivity contribution in [2.24, 2.45) is 5.16 Å². The van der Waals surface area contributed by atoms with E-state index in [4.69, 9.17) is 54.1 Å². The van der Waals surface area contributed by atoms with Crippen LogP contribution in [0, 0.1) is 0 Å². The molecule has 5 rings (SSSR count). The van der Waals surface area contributed by atoms with Gasteiger partial charge in [0.25, 0.3) is 5.91 Å². The van der Waals surface area contributed by atoms with E-state index in [2.05, 4.69) is 15.1 Å². The molecule has 37 heavy (non-hydrogen) atoms. The Morgan fingerprint density at radius 1 is 1.19 bits per heavy atom. The number of carbonyl (C=O) groups is 1. The van der Waals surface area contributed by atoms with Crippen LogP contribution in [0.5, 0.6) is 11.9 Å². The molecule has 194 valence electrons. The predicted molar refractivity (Wildman–Crippen MR) is 141 cm³/mol. The fourth-order valence-corrected chi connectivity index (χ4v) is 6.31. The van der Waals surface area contributed by atoms with Crippen molar-refractivity contribution in [3.63, 3.8) is 0 Å². The van der Waals surface area contributed by atoms with E-state index in [1.807, 2.05) is 5.38 Å². The van der Waals surface area contributed by atoms with Crippen LogP contribution in [0.2, 0.25) is 15.1 Å². The number of aromatic nitrogens is 3. The highest BCUT2D eigenvalue weighted by atomic mass is 35.5. The molecule has 9 nitrogen and oxygen atoms in total. The number of halogens is 3. The molecule has 1 atom stereocenters. The minimum atomic E-state index is -0.392. The Bertz CT molecular complexity index is 1310. The Morgan fingerprint density at radius 3 is 2.68 bits per heavy atom. The van der Waals surface area contributed by atoms with Crippen molar-refractivity contribution in [3.8, 4) is 11.9 Å². The molecule has 1 saturated heterocycles. The molecule has 0 N–H and O–H groups in total. The molecule has 1 amide bonds. The number of methoxy groups -OCH3 is 1. The molecular weight excluding hydrogens is 561 g/mol. The smallest absolute Gasteiger partial charge is 0.320 e. The molecule has 0 radical (unpaired) electrons. The van der Waals surface area contributed by atoms with Crippen molar-refractivity contribution in [1.82, 2.24) is 19.9 Å². The maximum atomic E-state index is 12.6. The lowest BCUT2D eigenvalue weighted by atomic mass is 9.97. The predicted octanol–water partition coefficient (Wildman–Crippen LogP) is 5.55. The first-order chi connectivity index (χ1) is 17.9. The summed E-state index contributed by atoms with van der Waals surface area (Å²) in [4.78, 5) is 32.9. The monoisotopic (exact) mass is 581 g/mol. The Kier molecular flexibility index (Phi) is 7.99. The van der Waals surface area contributed by atoms with Gasteiger partial charge in [0.1, 0.15) is 5.71 Å². The topological polar surface area (TPSA) is 99.0 Å². The SMILES string of the molecule is COc1ccnc(OCC(=O)N2CCC(c3nc(C4=NOC(c5c(Cl)cc(Cl)cc5Cl)C4)cs3)CC2)n1. The third-order valence-electron chi connectivity index (χ3n) is 6.19. The number of hydrogen-bond acceptors (Lipinski definition) is 9. The number of nitrogens with zero attached hydrogens (tertiary/aromatic N) is 5. The lowest BCUT2D eigenvalue weighted by molar-refractivity contribution is -0.134. The van der Waals surface area contributed by atoms with Crippen LogP contribution in [0.15, 0.2) is 34.9 Å². The summed E-state index contributed by atoms with van der Waals surface area (Å²) >= 11 is 20.3. The highest BCUT2D eigenvalue weighted by Crippen LogP contribution is 2.40. The summed E-state index contributed by atoms with van der Waals surface area (Å²) in [6, 6.07) is 5.00. The van der Waals surface area contributed by atoms with Crippen LogP contribution in [0.25, 0.3) is 0 Å². The molecule has 13 heteroatoms. The Morgan fingerprint density at radius 2 is 1.95 bits per heavy atom. The van der Waals surface area contributed by atoms with E-state index in [0.717, 1.165) is 29.3 Å². The van der Waals surface area contributed by atoms with Gasteiger partial charge in [0.05, 0.1) is 27.9 Å². The summed E-state index contributed by atoms with van der Waals surface area (Å²) in [6.07, 6.45) is 3.27. The minimum Gasteiger partial charge on any atom is -0.481 e. The van der Waals surface area contributed by atoms with Crippen molar-refractivity contribution >= 4 is 57.8 Å². The van der Waals surface area contributed by atoms with E-state index in [-0.39, 0.29) is 24.4 Å². The summed E-state index contributed by atoms with van der Waals surface area (Å²) in [7, 11) is 1.51. The molecule has 1 unspecified atom stereocenters. The fraction of sp³-hybridized carbons (Fsp3) is 0.375. The summed E-state index contributed by atoms with van der Waals surface area (Å²) in [5, 5.41) is 8.62. The van der Waals surface area contributed by atoms with E-state index in [9.17, 15) is 4.79 Å². The lowest BCUT2D eigenvalue weighted by Crippen LogP contribution is -2.40. The van der Waals surface area contributed by atoms with Crippen LogP contribution in [-0.2, 0) is 9.63 Å². The number of amides is 1. The summed E-state index contributed by atoms with van der Waals surface area (Å²) in [5.74, 6) is 0.543. The van der Waals surface area contributed by atoms with Gasteiger partial charge < -0.3 is 19.2 Å². The Balaban J connectivity index is 1.13. The summed E-state index contributed by atoms with van der Waals surface area (Å²) in [5.41, 5.74) is 2.20. The number of rotatable bonds is 7. The van der Waals surface area contributed by atoms with Gasteiger partial charge in [0.15, 0.2) is 12.7 Å². The van der Waals surface area contributed by atoms with Crippen LogP contribution in [0.4, 0.5) is 0 Å². The largest absolute Gasteiger partial charge is 0.481 e. The normalized spacial score (nSPS) is 17.9. The number of oxime groups is 1. The Hall–Kier alpha value is -2.66. The average molecular weight is 583 g/mol. The van der Waals surface area contributed by atoms with Gasteiger partial charge in [-0.1, -0.05) is 40.0 Å². The van der Waals surface area contributed by atoms with E-state index >= 15 is 0 Å². The molecule has 2 aromatic heterocycles. The Labute approximate surface area is 232 Å². The van der Waals surface area contributed by atoms with E-state index < -0.39 is 6.10 Å². The molecule has 1 aromatic carbocycles. The van der Waals surface area contributed by atoms with Gasteiger partial charge in [0.2, 0.25) is 5.88 Å². The maximum absolute atomic E-state index is 12.6. The van der Waals surface area contributed by atoms with Crippen LogP contribution >= 0.6 is 46.1 Å². The third kappa shape index (κ3) is 5.93. The van der Waals surface area contributed by atoms with E-state index in [1.54, 1.807) is 34.4 Å². The van der Waals surface area contributed by atoms with Crippen LogP contribution in [0.1, 0.15) is 47.5 Å². The van der Waals surface area contributed by atoms with Gasteiger partial charge in [-0.2, -0.15) is 4.98 Å². The maximum Gasteiger partial charge on any atom is 0.320 e. The number of hydrogen-bond donors (Lipinski definition) is 0. The third-order valence-corrected chi connectivity index (χ3v) is 8.04. The van der Waals surface area contributed by atoms with E-state index in [0.29, 0.717) is 46.0 Å². The number of piperidine rings is 1. The molecule has 3 aromatic rings. The van der Waals surface area contributed by atoms with Gasteiger partial charge >= 0.3 is 6.01 Å². The second-order valence-corrected chi connectivity index (χ2v) is 10.7. The standard InChI is InChI=1S/C24H22Cl3N5O4S/c1-34-20-2-5-28-24(30-20)35-11-21(33)32-6-3-13(4-7-32)23-29-18(12-37-23)17-10-19(36-31-17)22-15(26)8-14(25)9-16(22)27/h2,5,8-9,12-13,19H,3-4,6-7,10-11H2,1H3. The highest BCUT2D eigenvalue weighted by Gasteiger charge is 2.31. The first-order valence-electron chi connectivity index (χ1n) is 11.5. The van der Waals surface area contributed by atoms with Gasteiger partial charge in [-0.15, -0.1) is 11.3 Å². The van der Waals surface area contributed by atoms with Crippen LogP contribution < -0.4 is 9.47 Å². The van der Waals surface area contributed by atoms with Gasteiger partial charge in [-0.3, -0.25) is 4.79 Å². The first-order valence-corrected chi connectivity index (χ1v) is 13.5. The lowest BCUT2D eigenvalue weighted by Gasteiger charge is -2.31. The molecule has 0 saturated carbocycles. The highest BCUT2D eigenvalue weighted by molar-refractivity contribution is 7.10. The zero-order chi connectivity index (χ0) is 25.9. The zero-order valence-corrected chi connectivity index (χ0v) is 22.8. The fourth-order valence-electron chi connectivity index (χ4n) is 4.25. The molecule has 0 aliphatic carbocycles. The quantitative estimate of drug-likeness (QED) is 0.360. The molecule has 0 bridgehead atoms. The number of carbonyl (C=O) groups excluding carboxylic acids is 1. The second-order valence-electron chi connectivity index (χ2n) is 8.52. The van der Waals surface area contributed by atoms with Crippen molar-refractivity contribution in [3.05, 3.63) is 61.1 Å². The summed E-state index contributed by atoms with van der Waals surface area (Å²) < 4.78 is 10.5. The van der Waals surface area contributed by atoms with Crippen molar-refractivity contribution < 1.29 is 19.1 Å². The first kappa shape index (κ1) is 26.0. The molecule has 0 spiro atoms. The van der Waals surface area contributed by atoms with Crippen molar-refractivity contribution in [2.45, 2.75) is 31.3 Å². The van der Waals surface area contributed by atoms with Gasteiger partial charge in [0, 0.05) is 53.7 Å². The van der Waals surface area contributed by atoms with Crippen LogP contribution in [0.3, 0.4) is 0 Å². The van der Waals surface area contributed by atoms with E-state index in [1.165, 1.54) is 13.3 Å². The number of benzene rings is 1. The molecular formula is C24H22Cl3N5O4S. The molecule has 1 fully saturated rings. The summed E-state index contributed by atoms with van der Waals surface area (Å²) in [6.45, 7) is 1.13. The number of thiazole rings is 1. The van der Waals surface area contributed by atoms with Gasteiger partial charge in [-0.05, 0) is 25.0 Å². The zero-order valence-electron chi connectivity index (χ0n) is 19.7.